The number of halogens is 3. The molecule has 0 aliphatic carbocycles. The number of unbranched alkanes of at least 4 members (excludes halogenated alkanes) is 2. The number of aliphatic hydroxyl groups is 1. The summed E-state index contributed by atoms with van der Waals surface area (Å²) < 4.78 is 39.1. The van der Waals surface area contributed by atoms with Crippen molar-refractivity contribution in [2.45, 2.75) is 37.5 Å². The van der Waals surface area contributed by atoms with Crippen LogP contribution in [0.1, 0.15) is 31.2 Å². The van der Waals surface area contributed by atoms with Gasteiger partial charge in [-0.3, -0.25) is 0 Å². The first-order valence-corrected chi connectivity index (χ1v) is 5.87. The second-order valence-corrected chi connectivity index (χ2v) is 4.26. The van der Waals surface area contributed by atoms with Crippen molar-refractivity contribution in [3.05, 3.63) is 48.6 Å². The fourth-order valence-electron chi connectivity index (χ4n) is 1.83. The van der Waals surface area contributed by atoms with Gasteiger partial charge in [-0.05, 0) is 31.2 Å². The highest BCUT2D eigenvalue weighted by molar-refractivity contribution is 5.24. The predicted octanol–water partition coefficient (Wildman–Crippen LogP) is 4.18. The molecule has 4 heteroatoms. The lowest BCUT2D eigenvalue weighted by Gasteiger charge is -2.31. The first-order chi connectivity index (χ1) is 8.42. The number of hydrogen-bond acceptors (Lipinski definition) is 1. The van der Waals surface area contributed by atoms with Crippen LogP contribution in [0.4, 0.5) is 13.2 Å². The average molecular weight is 258 g/mol. The summed E-state index contributed by atoms with van der Waals surface area (Å²) in [5, 5.41) is 9.97. The Balaban J connectivity index is 2.87. The van der Waals surface area contributed by atoms with Crippen LogP contribution in [-0.2, 0) is 5.60 Å². The summed E-state index contributed by atoms with van der Waals surface area (Å²) in [6.07, 6.45) is -1.78. The molecule has 1 aromatic rings. The van der Waals surface area contributed by atoms with E-state index in [2.05, 4.69) is 6.58 Å². The molecule has 0 heterocycles. The van der Waals surface area contributed by atoms with Gasteiger partial charge in [0.25, 0.3) is 0 Å². The molecular formula is C14H17F3O. The van der Waals surface area contributed by atoms with Gasteiger partial charge >= 0.3 is 6.18 Å². The molecule has 0 aliphatic rings. The van der Waals surface area contributed by atoms with Crippen molar-refractivity contribution in [1.82, 2.24) is 0 Å². The van der Waals surface area contributed by atoms with Crippen molar-refractivity contribution < 1.29 is 18.3 Å². The second kappa shape index (κ2) is 6.05. The molecule has 1 unspecified atom stereocenters. The van der Waals surface area contributed by atoms with E-state index >= 15 is 0 Å². The standard InChI is InChI=1S/C14H17F3O/c1-2-3-4-8-11-13(18,14(15,16)17)12-9-6-5-7-10-12/h2,5-7,9-10,18H,1,3-4,8,11H2. The van der Waals surface area contributed by atoms with Gasteiger partial charge in [0.2, 0.25) is 0 Å². The Morgan fingerprint density at radius 1 is 1.11 bits per heavy atom. The molecule has 0 radical (unpaired) electrons. The molecule has 0 aromatic heterocycles. The first-order valence-electron chi connectivity index (χ1n) is 5.87. The average Bonchev–Trinajstić information content (AvgIpc) is 2.34. The highest BCUT2D eigenvalue weighted by Crippen LogP contribution is 2.42. The van der Waals surface area contributed by atoms with Crippen molar-refractivity contribution in [3.63, 3.8) is 0 Å². The van der Waals surface area contributed by atoms with Crippen LogP contribution in [-0.4, -0.2) is 11.3 Å². The maximum Gasteiger partial charge on any atom is 0.421 e. The van der Waals surface area contributed by atoms with Crippen LogP contribution < -0.4 is 0 Å². The smallest absolute Gasteiger partial charge is 0.376 e. The lowest BCUT2D eigenvalue weighted by Crippen LogP contribution is -2.42. The zero-order valence-corrected chi connectivity index (χ0v) is 10.1. The van der Waals surface area contributed by atoms with Gasteiger partial charge in [0.15, 0.2) is 5.60 Å². The summed E-state index contributed by atoms with van der Waals surface area (Å²) >= 11 is 0. The zero-order chi connectivity index (χ0) is 13.6. The summed E-state index contributed by atoms with van der Waals surface area (Å²) in [6, 6.07) is 7.23. The lowest BCUT2D eigenvalue weighted by molar-refractivity contribution is -0.269. The van der Waals surface area contributed by atoms with E-state index in [1.165, 1.54) is 24.3 Å². The lowest BCUT2D eigenvalue weighted by atomic mass is 9.87. The number of hydrogen-bond donors (Lipinski definition) is 1. The topological polar surface area (TPSA) is 20.2 Å². The summed E-state index contributed by atoms with van der Waals surface area (Å²) in [5.74, 6) is 0. The molecule has 0 saturated heterocycles. The van der Waals surface area contributed by atoms with Crippen LogP contribution in [0.5, 0.6) is 0 Å². The Labute approximate surface area is 105 Å². The molecule has 1 aromatic carbocycles. The predicted molar refractivity (Wildman–Crippen MR) is 65.1 cm³/mol. The third kappa shape index (κ3) is 3.35. The molecule has 0 spiro atoms. The molecule has 1 rings (SSSR count). The largest absolute Gasteiger partial charge is 0.421 e. The van der Waals surface area contributed by atoms with Crippen molar-refractivity contribution in [1.29, 1.82) is 0 Å². The van der Waals surface area contributed by atoms with Crippen molar-refractivity contribution in [3.8, 4) is 0 Å². The molecule has 0 fully saturated rings. The van der Waals surface area contributed by atoms with E-state index in [0.717, 1.165) is 0 Å². The highest BCUT2D eigenvalue weighted by atomic mass is 19.4. The van der Waals surface area contributed by atoms with Crippen molar-refractivity contribution in [2.24, 2.45) is 0 Å². The maximum absolute atomic E-state index is 13.0. The number of alkyl halides is 3. The van der Waals surface area contributed by atoms with E-state index in [1.54, 1.807) is 12.1 Å². The molecule has 18 heavy (non-hydrogen) atoms. The monoisotopic (exact) mass is 258 g/mol. The Bertz CT molecular complexity index is 372. The summed E-state index contributed by atoms with van der Waals surface area (Å²) in [5.41, 5.74) is -2.86. The molecule has 100 valence electrons. The fourth-order valence-corrected chi connectivity index (χ4v) is 1.83. The van der Waals surface area contributed by atoms with Gasteiger partial charge in [-0.1, -0.05) is 36.4 Å². The normalized spacial score (nSPS) is 15.1. The van der Waals surface area contributed by atoms with Gasteiger partial charge in [-0.15, -0.1) is 6.58 Å². The third-order valence-corrected chi connectivity index (χ3v) is 2.92. The van der Waals surface area contributed by atoms with Crippen LogP contribution in [0.15, 0.2) is 43.0 Å². The Hall–Kier alpha value is -1.29. The van der Waals surface area contributed by atoms with Crippen LogP contribution in [0.3, 0.4) is 0 Å². The minimum Gasteiger partial charge on any atom is -0.376 e. The quantitative estimate of drug-likeness (QED) is 0.599. The van der Waals surface area contributed by atoms with Crippen LogP contribution in [0, 0.1) is 0 Å². The Morgan fingerprint density at radius 3 is 2.22 bits per heavy atom. The van der Waals surface area contributed by atoms with E-state index in [-0.39, 0.29) is 12.0 Å². The van der Waals surface area contributed by atoms with E-state index in [0.29, 0.717) is 19.3 Å². The molecule has 0 aliphatic heterocycles. The minimum atomic E-state index is -4.66. The molecule has 0 amide bonds. The van der Waals surface area contributed by atoms with Crippen molar-refractivity contribution >= 4 is 0 Å². The maximum atomic E-state index is 13.0. The van der Waals surface area contributed by atoms with Gasteiger partial charge in [0.1, 0.15) is 0 Å². The molecular weight excluding hydrogens is 241 g/mol. The van der Waals surface area contributed by atoms with Gasteiger partial charge in [0.05, 0.1) is 0 Å². The van der Waals surface area contributed by atoms with E-state index in [9.17, 15) is 18.3 Å². The number of rotatable bonds is 6. The molecule has 0 saturated carbocycles. The molecule has 1 nitrogen and oxygen atoms in total. The second-order valence-electron chi connectivity index (χ2n) is 4.26. The van der Waals surface area contributed by atoms with Gasteiger partial charge in [-0.2, -0.15) is 13.2 Å². The number of allylic oxidation sites excluding steroid dienone is 1. The van der Waals surface area contributed by atoms with E-state index < -0.39 is 11.8 Å². The van der Waals surface area contributed by atoms with Gasteiger partial charge in [-0.25, -0.2) is 0 Å². The minimum absolute atomic E-state index is 0.101. The SMILES string of the molecule is C=CCCCCC(O)(c1ccccc1)C(F)(F)F. The zero-order valence-electron chi connectivity index (χ0n) is 10.1. The van der Waals surface area contributed by atoms with Crippen molar-refractivity contribution in [2.75, 3.05) is 0 Å². The van der Waals surface area contributed by atoms with Crippen LogP contribution in [0.25, 0.3) is 0 Å². The molecule has 1 N–H and O–H groups in total. The third-order valence-electron chi connectivity index (χ3n) is 2.92. The Morgan fingerprint density at radius 2 is 1.72 bits per heavy atom. The van der Waals surface area contributed by atoms with E-state index in [1.807, 2.05) is 0 Å². The number of benzene rings is 1. The fraction of sp³-hybridized carbons (Fsp3) is 0.429. The molecule has 1 atom stereocenters. The van der Waals surface area contributed by atoms with Gasteiger partial charge < -0.3 is 5.11 Å². The molecule has 0 bridgehead atoms. The first kappa shape index (κ1) is 14.8. The van der Waals surface area contributed by atoms with Gasteiger partial charge in [0, 0.05) is 0 Å². The summed E-state index contributed by atoms with van der Waals surface area (Å²) in [4.78, 5) is 0. The van der Waals surface area contributed by atoms with Crippen LogP contribution >= 0.6 is 0 Å². The van der Waals surface area contributed by atoms with E-state index in [4.69, 9.17) is 0 Å². The Kier molecular flexibility index (Phi) is 4.96. The summed E-state index contributed by atoms with van der Waals surface area (Å²) in [6.45, 7) is 3.52. The highest BCUT2D eigenvalue weighted by Gasteiger charge is 2.54. The summed E-state index contributed by atoms with van der Waals surface area (Å²) in [7, 11) is 0. The van der Waals surface area contributed by atoms with Crippen LogP contribution in [0.2, 0.25) is 0 Å².